The van der Waals surface area contributed by atoms with Crippen LogP contribution in [0.15, 0.2) is 54.1 Å². The van der Waals surface area contributed by atoms with Crippen LogP contribution in [0.4, 0.5) is 5.69 Å². The number of benzene rings is 2. The van der Waals surface area contributed by atoms with Crippen LogP contribution in [0.2, 0.25) is 0 Å². The average Bonchev–Trinajstić information content (AvgIpc) is 2.47. The molecular weight excluding hydrogens is 250 g/mol. The first kappa shape index (κ1) is 13.2. The van der Waals surface area contributed by atoms with E-state index in [2.05, 4.69) is 0 Å². The second-order valence-electron chi connectivity index (χ2n) is 4.03. The van der Waals surface area contributed by atoms with Gasteiger partial charge in [0.25, 0.3) is 0 Å². The SMILES string of the molecule is N#CC(C#N)=Cc1cccc(Oc2ccc(N)cc2)c1. The zero-order chi connectivity index (χ0) is 14.4. The monoisotopic (exact) mass is 261 g/mol. The maximum atomic E-state index is 8.73. The predicted octanol–water partition coefficient (Wildman–Crippen LogP) is 3.49. The molecule has 0 spiro atoms. The fraction of sp³-hybridized carbons (Fsp3) is 0. The molecule has 96 valence electrons. The Kier molecular flexibility index (Phi) is 4.01. The van der Waals surface area contributed by atoms with Crippen LogP contribution < -0.4 is 10.5 Å². The molecule has 2 rings (SSSR count). The van der Waals surface area contributed by atoms with Gasteiger partial charge in [-0.1, -0.05) is 12.1 Å². The van der Waals surface area contributed by atoms with Crippen LogP contribution in [0.5, 0.6) is 11.5 Å². The number of nitrogen functional groups attached to an aromatic ring is 1. The lowest BCUT2D eigenvalue weighted by atomic mass is 10.1. The van der Waals surface area contributed by atoms with Gasteiger partial charge in [0.1, 0.15) is 29.2 Å². The second-order valence-corrected chi connectivity index (χ2v) is 4.03. The van der Waals surface area contributed by atoms with Crippen LogP contribution in [-0.2, 0) is 0 Å². The van der Waals surface area contributed by atoms with E-state index in [4.69, 9.17) is 21.0 Å². The molecule has 20 heavy (non-hydrogen) atoms. The van der Waals surface area contributed by atoms with E-state index in [0.29, 0.717) is 17.2 Å². The molecule has 4 nitrogen and oxygen atoms in total. The molecule has 2 N–H and O–H groups in total. The largest absolute Gasteiger partial charge is 0.457 e. The van der Waals surface area contributed by atoms with Crippen molar-refractivity contribution in [2.24, 2.45) is 0 Å². The third-order valence-corrected chi connectivity index (χ3v) is 2.53. The van der Waals surface area contributed by atoms with Crippen LogP contribution in [0, 0.1) is 22.7 Å². The van der Waals surface area contributed by atoms with Gasteiger partial charge in [-0.3, -0.25) is 0 Å². The van der Waals surface area contributed by atoms with Gasteiger partial charge in [-0.05, 0) is 48.0 Å². The van der Waals surface area contributed by atoms with Gasteiger partial charge < -0.3 is 10.5 Å². The molecule has 4 heteroatoms. The van der Waals surface area contributed by atoms with Gasteiger partial charge in [-0.2, -0.15) is 10.5 Å². The number of rotatable bonds is 3. The molecule has 0 saturated heterocycles. The van der Waals surface area contributed by atoms with Crippen molar-refractivity contribution in [3.63, 3.8) is 0 Å². The first-order valence-corrected chi connectivity index (χ1v) is 5.86. The van der Waals surface area contributed by atoms with Crippen LogP contribution >= 0.6 is 0 Å². The van der Waals surface area contributed by atoms with Crippen LogP contribution in [0.25, 0.3) is 6.08 Å². The summed E-state index contributed by atoms with van der Waals surface area (Å²) >= 11 is 0. The molecule has 0 aliphatic carbocycles. The van der Waals surface area contributed by atoms with Gasteiger partial charge >= 0.3 is 0 Å². The third kappa shape index (κ3) is 3.38. The number of hydrogen-bond donors (Lipinski definition) is 1. The Bertz CT molecular complexity index is 703. The molecule has 0 bridgehead atoms. The number of nitriles is 2. The normalized spacial score (nSPS) is 9.10. The summed E-state index contributed by atoms with van der Waals surface area (Å²) in [5, 5.41) is 17.5. The summed E-state index contributed by atoms with van der Waals surface area (Å²) in [7, 11) is 0. The molecule has 0 aliphatic heterocycles. The number of nitrogens with two attached hydrogens (primary N) is 1. The van der Waals surface area contributed by atoms with E-state index in [0.717, 1.165) is 5.56 Å². The van der Waals surface area contributed by atoms with Crippen LogP contribution in [0.1, 0.15) is 5.56 Å². The van der Waals surface area contributed by atoms with Crippen molar-refractivity contribution in [1.82, 2.24) is 0 Å². The lowest BCUT2D eigenvalue weighted by Crippen LogP contribution is -1.87. The zero-order valence-corrected chi connectivity index (χ0v) is 10.6. The fourth-order valence-electron chi connectivity index (χ4n) is 1.60. The summed E-state index contributed by atoms with van der Waals surface area (Å²) in [6, 6.07) is 17.8. The van der Waals surface area contributed by atoms with Crippen molar-refractivity contribution >= 4 is 11.8 Å². The summed E-state index contributed by atoms with van der Waals surface area (Å²) in [5.74, 6) is 1.29. The lowest BCUT2D eigenvalue weighted by molar-refractivity contribution is 0.482. The molecule has 0 saturated carbocycles. The van der Waals surface area contributed by atoms with Crippen LogP contribution in [0.3, 0.4) is 0 Å². The number of anilines is 1. The summed E-state index contributed by atoms with van der Waals surface area (Å²) in [4.78, 5) is 0. The molecule has 2 aromatic carbocycles. The molecule has 0 radical (unpaired) electrons. The van der Waals surface area contributed by atoms with Gasteiger partial charge in [0, 0.05) is 5.69 Å². The van der Waals surface area contributed by atoms with Gasteiger partial charge in [0.15, 0.2) is 0 Å². The highest BCUT2D eigenvalue weighted by atomic mass is 16.5. The number of nitrogens with zero attached hydrogens (tertiary/aromatic N) is 2. The van der Waals surface area contributed by atoms with E-state index < -0.39 is 0 Å². The molecule has 0 heterocycles. The number of hydrogen-bond acceptors (Lipinski definition) is 4. The van der Waals surface area contributed by atoms with Crippen molar-refractivity contribution in [1.29, 1.82) is 10.5 Å². The molecule has 0 aliphatic rings. The van der Waals surface area contributed by atoms with Crippen molar-refractivity contribution in [2.45, 2.75) is 0 Å². The molecule has 0 unspecified atom stereocenters. The van der Waals surface area contributed by atoms with E-state index in [1.165, 1.54) is 6.08 Å². The van der Waals surface area contributed by atoms with Crippen molar-refractivity contribution in [2.75, 3.05) is 5.73 Å². The van der Waals surface area contributed by atoms with E-state index in [9.17, 15) is 0 Å². The first-order valence-electron chi connectivity index (χ1n) is 5.86. The van der Waals surface area contributed by atoms with Gasteiger partial charge in [-0.15, -0.1) is 0 Å². The standard InChI is InChI=1S/C16H11N3O/c17-10-13(11-18)8-12-2-1-3-16(9-12)20-15-6-4-14(19)5-7-15/h1-9H,19H2. The van der Waals surface area contributed by atoms with Gasteiger partial charge in [0.05, 0.1) is 0 Å². The minimum atomic E-state index is 0.0506. The molecule has 0 atom stereocenters. The minimum Gasteiger partial charge on any atom is -0.457 e. The Balaban J connectivity index is 2.23. The van der Waals surface area contributed by atoms with E-state index in [1.54, 1.807) is 48.5 Å². The molecule has 0 amide bonds. The topological polar surface area (TPSA) is 82.8 Å². The minimum absolute atomic E-state index is 0.0506. The van der Waals surface area contributed by atoms with Gasteiger partial charge in [-0.25, -0.2) is 0 Å². The molecular formula is C16H11N3O. The average molecular weight is 261 g/mol. The first-order chi connectivity index (χ1) is 9.71. The molecule has 0 aromatic heterocycles. The summed E-state index contributed by atoms with van der Waals surface area (Å²) < 4.78 is 5.67. The highest BCUT2D eigenvalue weighted by molar-refractivity contribution is 5.63. The maximum absolute atomic E-state index is 8.73. The van der Waals surface area contributed by atoms with Crippen molar-refractivity contribution < 1.29 is 4.74 Å². The van der Waals surface area contributed by atoms with E-state index >= 15 is 0 Å². The summed E-state index contributed by atoms with van der Waals surface area (Å²) in [6.45, 7) is 0. The predicted molar refractivity (Wildman–Crippen MR) is 76.6 cm³/mol. The second kappa shape index (κ2) is 6.08. The van der Waals surface area contributed by atoms with Crippen molar-refractivity contribution in [3.05, 3.63) is 59.7 Å². The lowest BCUT2D eigenvalue weighted by Gasteiger charge is -2.06. The third-order valence-electron chi connectivity index (χ3n) is 2.53. The zero-order valence-electron chi connectivity index (χ0n) is 10.6. The Labute approximate surface area is 116 Å². The summed E-state index contributed by atoms with van der Waals surface area (Å²) in [6.07, 6.45) is 1.51. The van der Waals surface area contributed by atoms with Gasteiger partial charge in [0.2, 0.25) is 0 Å². The Morgan fingerprint density at radius 1 is 1.00 bits per heavy atom. The maximum Gasteiger partial charge on any atom is 0.130 e. The summed E-state index contributed by atoms with van der Waals surface area (Å²) in [5.41, 5.74) is 7.06. The highest BCUT2D eigenvalue weighted by Crippen LogP contribution is 2.23. The fourth-order valence-corrected chi connectivity index (χ4v) is 1.60. The molecule has 0 fully saturated rings. The van der Waals surface area contributed by atoms with Crippen LogP contribution in [-0.4, -0.2) is 0 Å². The van der Waals surface area contributed by atoms with Crippen molar-refractivity contribution in [3.8, 4) is 23.6 Å². The quantitative estimate of drug-likeness (QED) is 0.677. The number of ether oxygens (including phenoxy) is 1. The Morgan fingerprint density at radius 2 is 1.70 bits per heavy atom. The molecule has 2 aromatic rings. The number of allylic oxidation sites excluding steroid dienone is 1. The smallest absolute Gasteiger partial charge is 0.130 e. The highest BCUT2D eigenvalue weighted by Gasteiger charge is 1.99. The Hall–Kier alpha value is -3.24. The Morgan fingerprint density at radius 3 is 2.35 bits per heavy atom. The van der Waals surface area contributed by atoms with E-state index in [1.807, 2.05) is 12.1 Å². The van der Waals surface area contributed by atoms with E-state index in [-0.39, 0.29) is 5.57 Å².